The maximum atomic E-state index is 5.89. The summed E-state index contributed by atoms with van der Waals surface area (Å²) < 4.78 is 0. The van der Waals surface area contributed by atoms with Crippen molar-refractivity contribution in [2.45, 2.75) is 31.3 Å². The van der Waals surface area contributed by atoms with E-state index in [0.717, 1.165) is 12.6 Å². The van der Waals surface area contributed by atoms with E-state index in [1.54, 1.807) is 0 Å². The average Bonchev–Trinajstić information content (AvgIpc) is 3.15. The molecule has 1 aliphatic heterocycles. The Kier molecular flexibility index (Phi) is 4.95. The van der Waals surface area contributed by atoms with Gasteiger partial charge in [-0.05, 0) is 31.3 Å². The Morgan fingerprint density at radius 2 is 1.94 bits per heavy atom. The maximum absolute atomic E-state index is 5.89. The molecule has 1 aliphatic carbocycles. The van der Waals surface area contributed by atoms with E-state index in [0.29, 0.717) is 6.04 Å². The van der Waals surface area contributed by atoms with Gasteiger partial charge >= 0.3 is 0 Å². The van der Waals surface area contributed by atoms with Gasteiger partial charge in [-0.15, -0.1) is 0 Å². The third-order valence-electron chi connectivity index (χ3n) is 3.86. The van der Waals surface area contributed by atoms with E-state index < -0.39 is 0 Å². The first kappa shape index (κ1) is 12.7. The van der Waals surface area contributed by atoms with Crippen molar-refractivity contribution in [3.8, 4) is 0 Å². The van der Waals surface area contributed by atoms with E-state index in [1.807, 2.05) is 11.8 Å². The van der Waals surface area contributed by atoms with Crippen molar-refractivity contribution in [3.63, 3.8) is 0 Å². The minimum absolute atomic E-state index is 0.619. The third kappa shape index (κ3) is 3.36. The van der Waals surface area contributed by atoms with E-state index in [-0.39, 0.29) is 0 Å². The van der Waals surface area contributed by atoms with Crippen molar-refractivity contribution in [2.75, 3.05) is 44.7 Å². The first-order valence-corrected chi connectivity index (χ1v) is 7.91. The third-order valence-corrected chi connectivity index (χ3v) is 4.50. The fourth-order valence-corrected chi connectivity index (χ4v) is 3.12. The predicted molar refractivity (Wildman–Crippen MR) is 72.0 cm³/mol. The highest BCUT2D eigenvalue weighted by atomic mass is 32.2. The van der Waals surface area contributed by atoms with Crippen molar-refractivity contribution in [3.05, 3.63) is 0 Å². The van der Waals surface area contributed by atoms with Crippen molar-refractivity contribution >= 4 is 11.8 Å². The van der Waals surface area contributed by atoms with E-state index in [4.69, 9.17) is 5.73 Å². The number of nitrogens with two attached hydrogens (primary N) is 1. The number of hydrogen-bond donors (Lipinski definition) is 1. The molecular weight excluding hydrogens is 218 g/mol. The molecule has 4 heteroatoms. The molecule has 1 heterocycles. The standard InChI is InChI=1S/C12H25N3S/c1-16-9-4-12(10-13)15-7-5-14(6-8-15)11-2-3-11/h11-12H,2-10,13H2,1H3. The van der Waals surface area contributed by atoms with Crippen LogP contribution in [0.2, 0.25) is 0 Å². The van der Waals surface area contributed by atoms with Crippen molar-refractivity contribution in [1.29, 1.82) is 0 Å². The van der Waals surface area contributed by atoms with Crippen LogP contribution >= 0.6 is 11.8 Å². The molecule has 0 bridgehead atoms. The lowest BCUT2D eigenvalue weighted by Gasteiger charge is -2.39. The molecule has 2 rings (SSSR count). The van der Waals surface area contributed by atoms with Gasteiger partial charge in [-0.1, -0.05) is 0 Å². The number of piperazine rings is 1. The molecule has 0 aromatic carbocycles. The van der Waals surface area contributed by atoms with Crippen LogP contribution in [0.1, 0.15) is 19.3 Å². The Hall–Kier alpha value is 0.230. The lowest BCUT2D eigenvalue weighted by Crippen LogP contribution is -2.52. The van der Waals surface area contributed by atoms with Crippen LogP contribution in [0.5, 0.6) is 0 Å². The quantitative estimate of drug-likeness (QED) is 0.749. The summed E-state index contributed by atoms with van der Waals surface area (Å²) in [6.45, 7) is 5.81. The second-order valence-corrected chi connectivity index (χ2v) is 5.96. The number of nitrogens with zero attached hydrogens (tertiary/aromatic N) is 2. The first-order chi connectivity index (χ1) is 7.85. The lowest BCUT2D eigenvalue weighted by molar-refractivity contribution is 0.0927. The Morgan fingerprint density at radius 1 is 1.25 bits per heavy atom. The van der Waals surface area contributed by atoms with Gasteiger partial charge in [0, 0.05) is 44.8 Å². The van der Waals surface area contributed by atoms with Crippen LogP contribution in [0, 0.1) is 0 Å². The number of hydrogen-bond acceptors (Lipinski definition) is 4. The molecule has 0 spiro atoms. The fourth-order valence-electron chi connectivity index (χ4n) is 2.61. The number of rotatable bonds is 6. The highest BCUT2D eigenvalue weighted by molar-refractivity contribution is 7.98. The molecule has 3 nitrogen and oxygen atoms in total. The molecular formula is C12H25N3S. The molecule has 2 N–H and O–H groups in total. The molecule has 0 aromatic rings. The summed E-state index contributed by atoms with van der Waals surface area (Å²) in [6.07, 6.45) is 6.30. The largest absolute Gasteiger partial charge is 0.329 e. The van der Waals surface area contributed by atoms with Crippen LogP contribution in [0.15, 0.2) is 0 Å². The Morgan fingerprint density at radius 3 is 2.44 bits per heavy atom. The van der Waals surface area contributed by atoms with Gasteiger partial charge in [-0.25, -0.2) is 0 Å². The first-order valence-electron chi connectivity index (χ1n) is 6.52. The highest BCUT2D eigenvalue weighted by Crippen LogP contribution is 2.27. The Balaban J connectivity index is 1.72. The van der Waals surface area contributed by atoms with Gasteiger partial charge in [-0.2, -0.15) is 11.8 Å². The van der Waals surface area contributed by atoms with Crippen molar-refractivity contribution in [2.24, 2.45) is 5.73 Å². The van der Waals surface area contributed by atoms with E-state index in [2.05, 4.69) is 16.1 Å². The van der Waals surface area contributed by atoms with Gasteiger partial charge in [0.15, 0.2) is 0 Å². The van der Waals surface area contributed by atoms with Crippen LogP contribution in [0.3, 0.4) is 0 Å². The van der Waals surface area contributed by atoms with E-state index in [1.165, 1.54) is 51.2 Å². The summed E-state index contributed by atoms with van der Waals surface area (Å²) >= 11 is 1.93. The Bertz CT molecular complexity index is 200. The normalized spacial score (nSPS) is 25.9. The summed E-state index contributed by atoms with van der Waals surface area (Å²) in [7, 11) is 0. The average molecular weight is 243 g/mol. The van der Waals surface area contributed by atoms with Crippen LogP contribution in [0.25, 0.3) is 0 Å². The van der Waals surface area contributed by atoms with Gasteiger partial charge in [0.1, 0.15) is 0 Å². The Labute approximate surface area is 104 Å². The zero-order chi connectivity index (χ0) is 11.4. The van der Waals surface area contributed by atoms with Crippen LogP contribution < -0.4 is 5.73 Å². The SMILES string of the molecule is CSCCC(CN)N1CCN(C2CC2)CC1. The smallest absolute Gasteiger partial charge is 0.0227 e. The predicted octanol–water partition coefficient (Wildman–Crippen LogP) is 0.847. The molecule has 94 valence electrons. The summed E-state index contributed by atoms with van der Waals surface area (Å²) in [5.74, 6) is 1.24. The minimum Gasteiger partial charge on any atom is -0.329 e. The van der Waals surface area contributed by atoms with E-state index >= 15 is 0 Å². The van der Waals surface area contributed by atoms with Crippen LogP contribution in [-0.4, -0.2) is 66.6 Å². The molecule has 2 aliphatic rings. The maximum Gasteiger partial charge on any atom is 0.0227 e. The monoisotopic (exact) mass is 243 g/mol. The molecule has 0 amide bonds. The molecule has 1 saturated carbocycles. The molecule has 2 fully saturated rings. The van der Waals surface area contributed by atoms with E-state index in [9.17, 15) is 0 Å². The summed E-state index contributed by atoms with van der Waals surface area (Å²) in [4.78, 5) is 5.27. The van der Waals surface area contributed by atoms with Gasteiger partial charge in [0.05, 0.1) is 0 Å². The van der Waals surface area contributed by atoms with Gasteiger partial charge < -0.3 is 5.73 Å². The van der Waals surface area contributed by atoms with Crippen molar-refractivity contribution in [1.82, 2.24) is 9.80 Å². The molecule has 1 atom stereocenters. The van der Waals surface area contributed by atoms with Crippen molar-refractivity contribution < 1.29 is 0 Å². The highest BCUT2D eigenvalue weighted by Gasteiger charge is 2.32. The van der Waals surface area contributed by atoms with Gasteiger partial charge in [0.25, 0.3) is 0 Å². The van der Waals surface area contributed by atoms with Gasteiger partial charge in [-0.3, -0.25) is 9.80 Å². The second-order valence-electron chi connectivity index (χ2n) is 4.97. The topological polar surface area (TPSA) is 32.5 Å². The fraction of sp³-hybridized carbons (Fsp3) is 1.00. The summed E-state index contributed by atoms with van der Waals surface area (Å²) in [6, 6.07) is 1.55. The second kappa shape index (κ2) is 6.24. The van der Waals surface area contributed by atoms with Crippen LogP contribution in [0.4, 0.5) is 0 Å². The van der Waals surface area contributed by atoms with Gasteiger partial charge in [0.2, 0.25) is 0 Å². The van der Waals surface area contributed by atoms with Crippen LogP contribution in [-0.2, 0) is 0 Å². The summed E-state index contributed by atoms with van der Waals surface area (Å²) in [5, 5.41) is 0. The molecule has 1 unspecified atom stereocenters. The zero-order valence-electron chi connectivity index (χ0n) is 10.4. The minimum atomic E-state index is 0.619. The molecule has 0 radical (unpaired) electrons. The molecule has 16 heavy (non-hydrogen) atoms. The molecule has 0 aromatic heterocycles. The number of thioether (sulfide) groups is 1. The molecule has 1 saturated heterocycles. The zero-order valence-corrected chi connectivity index (χ0v) is 11.2. The lowest BCUT2D eigenvalue weighted by atomic mass is 10.1. The summed E-state index contributed by atoms with van der Waals surface area (Å²) in [5.41, 5.74) is 5.89.